The molecule has 0 fully saturated rings. The molecular formula is C9H14N2O2S. The number of hydrogen-bond acceptors (Lipinski definition) is 4. The second kappa shape index (κ2) is 6.50. The molecule has 78 valence electrons. The zero-order chi connectivity index (χ0) is 10.2. The normalized spacial score (nSPS) is 10.1. The Labute approximate surface area is 87.3 Å². The van der Waals surface area contributed by atoms with Gasteiger partial charge in [0.15, 0.2) is 0 Å². The van der Waals surface area contributed by atoms with Gasteiger partial charge in [-0.05, 0) is 13.3 Å². The van der Waals surface area contributed by atoms with Gasteiger partial charge in [-0.1, -0.05) is 0 Å². The number of hydrogen-bond donors (Lipinski definition) is 1. The summed E-state index contributed by atoms with van der Waals surface area (Å²) in [6.07, 6.45) is 0.837. The van der Waals surface area contributed by atoms with Crippen molar-refractivity contribution < 1.29 is 9.53 Å². The van der Waals surface area contributed by atoms with Gasteiger partial charge in [-0.3, -0.25) is 4.79 Å². The van der Waals surface area contributed by atoms with Gasteiger partial charge in [0.1, 0.15) is 5.69 Å². The molecule has 0 saturated heterocycles. The van der Waals surface area contributed by atoms with Gasteiger partial charge in [0, 0.05) is 25.1 Å². The summed E-state index contributed by atoms with van der Waals surface area (Å²) in [5.74, 6) is -0.109. The molecule has 0 saturated carbocycles. The Kier molecular flexibility index (Phi) is 5.17. The smallest absolute Gasteiger partial charge is 0.270 e. The van der Waals surface area contributed by atoms with Gasteiger partial charge in [-0.15, -0.1) is 11.3 Å². The van der Waals surface area contributed by atoms with E-state index in [1.165, 1.54) is 11.3 Å². The first-order chi connectivity index (χ1) is 6.84. The quantitative estimate of drug-likeness (QED) is 0.726. The van der Waals surface area contributed by atoms with E-state index in [1.807, 2.05) is 6.92 Å². The summed E-state index contributed by atoms with van der Waals surface area (Å²) >= 11 is 1.42. The van der Waals surface area contributed by atoms with Crippen LogP contribution in [0.15, 0.2) is 10.9 Å². The number of carbonyl (C=O) groups is 1. The lowest BCUT2D eigenvalue weighted by Gasteiger charge is -2.02. The fourth-order valence-electron chi connectivity index (χ4n) is 0.936. The summed E-state index contributed by atoms with van der Waals surface area (Å²) in [5.41, 5.74) is 2.14. The number of aromatic nitrogens is 1. The third-order valence-corrected chi connectivity index (χ3v) is 2.21. The molecule has 1 heterocycles. The molecule has 1 rings (SSSR count). The van der Waals surface area contributed by atoms with Crippen LogP contribution in [0, 0.1) is 0 Å². The Morgan fingerprint density at radius 2 is 2.57 bits per heavy atom. The SMILES string of the molecule is CCOCCCNC(=O)c1cscn1. The molecule has 0 aliphatic heterocycles. The van der Waals surface area contributed by atoms with Crippen LogP contribution in [0.3, 0.4) is 0 Å². The monoisotopic (exact) mass is 214 g/mol. The lowest BCUT2D eigenvalue weighted by molar-refractivity contribution is 0.0940. The Hall–Kier alpha value is -0.940. The molecule has 1 N–H and O–H groups in total. The van der Waals surface area contributed by atoms with E-state index in [-0.39, 0.29) is 5.91 Å². The second-order valence-corrected chi connectivity index (χ2v) is 3.40. The van der Waals surface area contributed by atoms with Crippen LogP contribution < -0.4 is 5.32 Å². The number of nitrogens with one attached hydrogen (secondary N) is 1. The number of nitrogens with zero attached hydrogens (tertiary/aromatic N) is 1. The topological polar surface area (TPSA) is 51.2 Å². The summed E-state index contributed by atoms with van der Waals surface area (Å²) in [7, 11) is 0. The maximum atomic E-state index is 11.3. The van der Waals surface area contributed by atoms with Crippen LogP contribution >= 0.6 is 11.3 Å². The first-order valence-corrected chi connectivity index (χ1v) is 5.53. The first kappa shape index (κ1) is 11.1. The van der Waals surface area contributed by atoms with Crippen molar-refractivity contribution in [2.45, 2.75) is 13.3 Å². The van der Waals surface area contributed by atoms with Crippen molar-refractivity contribution >= 4 is 17.2 Å². The standard InChI is InChI=1S/C9H14N2O2S/c1-2-13-5-3-4-10-9(12)8-6-14-7-11-8/h6-7H,2-5H2,1H3,(H,10,12). The molecule has 0 radical (unpaired) electrons. The lowest BCUT2D eigenvalue weighted by Crippen LogP contribution is -2.25. The minimum atomic E-state index is -0.109. The average molecular weight is 214 g/mol. The van der Waals surface area contributed by atoms with Gasteiger partial charge in [0.2, 0.25) is 0 Å². The highest BCUT2D eigenvalue weighted by Gasteiger charge is 2.05. The van der Waals surface area contributed by atoms with E-state index in [0.717, 1.165) is 13.0 Å². The Bertz CT molecular complexity index is 262. The lowest BCUT2D eigenvalue weighted by atomic mass is 10.4. The molecule has 0 aliphatic carbocycles. The van der Waals surface area contributed by atoms with Crippen LogP contribution in [-0.2, 0) is 4.74 Å². The second-order valence-electron chi connectivity index (χ2n) is 2.68. The molecule has 1 amide bonds. The molecular weight excluding hydrogens is 200 g/mol. The van der Waals surface area contributed by atoms with E-state index < -0.39 is 0 Å². The van der Waals surface area contributed by atoms with Crippen molar-refractivity contribution in [1.82, 2.24) is 10.3 Å². The number of rotatable bonds is 6. The van der Waals surface area contributed by atoms with Crippen LogP contribution in [0.5, 0.6) is 0 Å². The predicted molar refractivity (Wildman–Crippen MR) is 55.6 cm³/mol. The molecule has 1 aromatic heterocycles. The molecule has 0 spiro atoms. The zero-order valence-corrected chi connectivity index (χ0v) is 8.97. The van der Waals surface area contributed by atoms with E-state index >= 15 is 0 Å². The zero-order valence-electron chi connectivity index (χ0n) is 8.16. The molecule has 0 unspecified atom stereocenters. The van der Waals surface area contributed by atoms with Crippen molar-refractivity contribution in [3.05, 3.63) is 16.6 Å². The van der Waals surface area contributed by atoms with E-state index in [1.54, 1.807) is 10.9 Å². The summed E-state index contributed by atoms with van der Waals surface area (Å²) < 4.78 is 5.14. The molecule has 0 aliphatic rings. The van der Waals surface area contributed by atoms with E-state index in [4.69, 9.17) is 4.74 Å². The summed E-state index contributed by atoms with van der Waals surface area (Å²) in [6, 6.07) is 0. The highest BCUT2D eigenvalue weighted by Crippen LogP contribution is 1.99. The summed E-state index contributed by atoms with van der Waals surface area (Å²) in [5, 5.41) is 4.50. The fourth-order valence-corrected chi connectivity index (χ4v) is 1.47. The van der Waals surface area contributed by atoms with Gasteiger partial charge in [0.25, 0.3) is 5.91 Å². The van der Waals surface area contributed by atoms with Crippen LogP contribution in [-0.4, -0.2) is 30.6 Å². The summed E-state index contributed by atoms with van der Waals surface area (Å²) in [6.45, 7) is 4.00. The van der Waals surface area contributed by atoms with Crippen molar-refractivity contribution in [2.75, 3.05) is 19.8 Å². The Balaban J connectivity index is 2.10. The van der Waals surface area contributed by atoms with Crippen molar-refractivity contribution in [3.63, 3.8) is 0 Å². The van der Waals surface area contributed by atoms with Gasteiger partial charge in [-0.2, -0.15) is 0 Å². The van der Waals surface area contributed by atoms with E-state index in [9.17, 15) is 4.79 Å². The number of thiazole rings is 1. The highest BCUT2D eigenvalue weighted by molar-refractivity contribution is 7.07. The predicted octanol–water partition coefficient (Wildman–Crippen LogP) is 1.30. The highest BCUT2D eigenvalue weighted by atomic mass is 32.1. The van der Waals surface area contributed by atoms with Gasteiger partial charge in [0.05, 0.1) is 5.51 Å². The third-order valence-electron chi connectivity index (χ3n) is 1.62. The minimum Gasteiger partial charge on any atom is -0.382 e. The Morgan fingerprint density at radius 1 is 1.71 bits per heavy atom. The molecule has 0 bridgehead atoms. The van der Waals surface area contributed by atoms with Crippen molar-refractivity contribution in [2.24, 2.45) is 0 Å². The molecule has 5 heteroatoms. The third kappa shape index (κ3) is 3.85. The molecule has 0 atom stereocenters. The van der Waals surface area contributed by atoms with Gasteiger partial charge < -0.3 is 10.1 Å². The number of ether oxygens (including phenoxy) is 1. The molecule has 4 nitrogen and oxygen atoms in total. The molecule has 1 aromatic rings. The maximum Gasteiger partial charge on any atom is 0.270 e. The van der Waals surface area contributed by atoms with Crippen LogP contribution in [0.4, 0.5) is 0 Å². The summed E-state index contributed by atoms with van der Waals surface area (Å²) in [4.78, 5) is 15.2. The minimum absolute atomic E-state index is 0.109. The fraction of sp³-hybridized carbons (Fsp3) is 0.556. The molecule has 14 heavy (non-hydrogen) atoms. The molecule has 0 aromatic carbocycles. The van der Waals surface area contributed by atoms with Crippen LogP contribution in [0.1, 0.15) is 23.8 Å². The largest absolute Gasteiger partial charge is 0.382 e. The number of amides is 1. The van der Waals surface area contributed by atoms with E-state index in [2.05, 4.69) is 10.3 Å². The van der Waals surface area contributed by atoms with Crippen molar-refractivity contribution in [3.8, 4) is 0 Å². The van der Waals surface area contributed by atoms with Gasteiger partial charge >= 0.3 is 0 Å². The van der Waals surface area contributed by atoms with Gasteiger partial charge in [-0.25, -0.2) is 4.98 Å². The maximum absolute atomic E-state index is 11.3. The number of carbonyl (C=O) groups excluding carboxylic acids is 1. The average Bonchev–Trinajstić information content (AvgIpc) is 2.70. The van der Waals surface area contributed by atoms with Crippen molar-refractivity contribution in [1.29, 1.82) is 0 Å². The van der Waals surface area contributed by atoms with E-state index in [0.29, 0.717) is 18.8 Å². The Morgan fingerprint density at radius 3 is 3.21 bits per heavy atom. The van der Waals surface area contributed by atoms with Crippen LogP contribution in [0.2, 0.25) is 0 Å². The first-order valence-electron chi connectivity index (χ1n) is 4.58. The van der Waals surface area contributed by atoms with Crippen LogP contribution in [0.25, 0.3) is 0 Å².